The molecule has 0 amide bonds. The van der Waals surface area contributed by atoms with Gasteiger partial charge in [0.2, 0.25) is 11.6 Å². The summed E-state index contributed by atoms with van der Waals surface area (Å²) in [7, 11) is 6.13. The maximum atomic E-state index is 11.0. The molecule has 26 heavy (non-hydrogen) atoms. The fourth-order valence-corrected chi connectivity index (χ4v) is 2.44. The van der Waals surface area contributed by atoms with Crippen LogP contribution in [0.15, 0.2) is 35.3 Å². The van der Waals surface area contributed by atoms with Gasteiger partial charge in [-0.2, -0.15) is 0 Å². The van der Waals surface area contributed by atoms with Crippen molar-refractivity contribution in [1.29, 1.82) is 0 Å². The summed E-state index contributed by atoms with van der Waals surface area (Å²) in [6.45, 7) is 2.17. The lowest BCUT2D eigenvalue weighted by atomic mass is 10.1. The van der Waals surface area contributed by atoms with Crippen LogP contribution in [-0.4, -0.2) is 40.8 Å². The van der Waals surface area contributed by atoms with E-state index < -0.39 is 0 Å². The molecule has 0 radical (unpaired) electrons. The summed E-state index contributed by atoms with van der Waals surface area (Å²) in [4.78, 5) is 15.5. The van der Waals surface area contributed by atoms with Gasteiger partial charge in [-0.1, -0.05) is 0 Å². The van der Waals surface area contributed by atoms with Gasteiger partial charge < -0.3 is 23.7 Å². The van der Waals surface area contributed by atoms with E-state index in [0.717, 1.165) is 5.56 Å². The number of hydrogen-bond acceptors (Lipinski definition) is 7. The number of benzene rings is 2. The third kappa shape index (κ3) is 3.88. The van der Waals surface area contributed by atoms with Crippen molar-refractivity contribution in [3.63, 3.8) is 0 Å². The highest BCUT2D eigenvalue weighted by Gasteiger charge is 2.20. The van der Waals surface area contributed by atoms with Gasteiger partial charge in [-0.15, -0.1) is 0 Å². The average molecular weight is 359 g/mol. The number of carbonyl (C=O) groups is 1. The lowest BCUT2D eigenvalue weighted by molar-refractivity contribution is -0.121. The Balaban J connectivity index is 2.63. The zero-order valence-electron chi connectivity index (χ0n) is 15.4. The molecular formula is C19H21NO6. The van der Waals surface area contributed by atoms with Gasteiger partial charge in [0.25, 0.3) is 6.47 Å². The predicted octanol–water partition coefficient (Wildman–Crippen LogP) is 3.28. The second-order valence-electron chi connectivity index (χ2n) is 5.17. The summed E-state index contributed by atoms with van der Waals surface area (Å²) in [6.07, 6.45) is 0. The van der Waals surface area contributed by atoms with E-state index in [9.17, 15) is 4.79 Å². The van der Waals surface area contributed by atoms with E-state index in [1.54, 1.807) is 37.4 Å². The predicted molar refractivity (Wildman–Crippen MR) is 97.2 cm³/mol. The van der Waals surface area contributed by atoms with Crippen LogP contribution in [0.25, 0.3) is 0 Å². The molecule has 0 spiro atoms. The topological polar surface area (TPSA) is 75.6 Å². The highest BCUT2D eigenvalue weighted by molar-refractivity contribution is 5.99. The van der Waals surface area contributed by atoms with E-state index in [1.165, 1.54) is 21.3 Å². The zero-order valence-corrected chi connectivity index (χ0v) is 15.4. The monoisotopic (exact) mass is 359 g/mol. The molecule has 2 rings (SSSR count). The van der Waals surface area contributed by atoms with Gasteiger partial charge in [-0.25, -0.2) is 4.99 Å². The Morgan fingerprint density at radius 2 is 1.58 bits per heavy atom. The fraction of sp³-hybridized carbons (Fsp3) is 0.263. The minimum Gasteiger partial charge on any atom is -0.497 e. The van der Waals surface area contributed by atoms with Crippen molar-refractivity contribution in [2.75, 3.05) is 28.4 Å². The second-order valence-corrected chi connectivity index (χ2v) is 5.17. The van der Waals surface area contributed by atoms with Crippen molar-refractivity contribution in [3.8, 4) is 23.0 Å². The molecule has 2 aromatic carbocycles. The van der Waals surface area contributed by atoms with Gasteiger partial charge in [-0.3, -0.25) is 4.79 Å². The third-order valence-electron chi connectivity index (χ3n) is 3.70. The number of hydrogen-bond donors (Lipinski definition) is 0. The van der Waals surface area contributed by atoms with Crippen LogP contribution < -0.4 is 18.9 Å². The first-order valence-electron chi connectivity index (χ1n) is 7.72. The second kappa shape index (κ2) is 8.75. The molecule has 0 fully saturated rings. The maximum Gasteiger partial charge on any atom is 0.299 e. The summed E-state index contributed by atoms with van der Waals surface area (Å²) in [5, 5.41) is 0. The third-order valence-corrected chi connectivity index (χ3v) is 3.70. The molecule has 0 aliphatic heterocycles. The van der Waals surface area contributed by atoms with Crippen molar-refractivity contribution in [2.24, 2.45) is 4.99 Å². The van der Waals surface area contributed by atoms with Crippen molar-refractivity contribution in [2.45, 2.75) is 6.92 Å². The molecule has 0 atom stereocenters. The largest absolute Gasteiger partial charge is 0.497 e. The number of aliphatic imine (C=N–C) groups is 1. The van der Waals surface area contributed by atoms with Crippen molar-refractivity contribution in [1.82, 2.24) is 0 Å². The van der Waals surface area contributed by atoms with Crippen LogP contribution in [0.1, 0.15) is 11.1 Å². The number of carbonyl (C=O) groups excluding carboxylic acids is 1. The van der Waals surface area contributed by atoms with Gasteiger partial charge in [-0.05, 0) is 42.8 Å². The Morgan fingerprint density at radius 1 is 0.923 bits per heavy atom. The number of rotatable bonds is 7. The fourth-order valence-electron chi connectivity index (χ4n) is 2.44. The lowest BCUT2D eigenvalue weighted by Gasteiger charge is -2.16. The number of nitrogens with zero attached hydrogens (tertiary/aromatic N) is 1. The molecular weight excluding hydrogens is 338 g/mol. The lowest BCUT2D eigenvalue weighted by Crippen LogP contribution is -2.06. The Bertz CT molecular complexity index is 799. The van der Waals surface area contributed by atoms with E-state index >= 15 is 0 Å². The summed E-state index contributed by atoms with van der Waals surface area (Å²) >= 11 is 0. The van der Waals surface area contributed by atoms with E-state index in [0.29, 0.717) is 40.7 Å². The van der Waals surface area contributed by atoms with Crippen LogP contribution in [0.3, 0.4) is 0 Å². The quantitative estimate of drug-likeness (QED) is 0.429. The minimum atomic E-state index is 0.122. The van der Waals surface area contributed by atoms with E-state index in [-0.39, 0.29) is 5.90 Å². The summed E-state index contributed by atoms with van der Waals surface area (Å²) in [5.41, 5.74) is 1.84. The van der Waals surface area contributed by atoms with Crippen LogP contribution in [-0.2, 0) is 9.53 Å². The Morgan fingerprint density at radius 3 is 2.08 bits per heavy atom. The number of ether oxygens (including phenoxy) is 5. The SMILES string of the molecule is COc1ccc(/C(=N/c2c(C)cc(OC)c(OC)c2OC)OC=O)cc1. The molecule has 7 nitrogen and oxygen atoms in total. The van der Waals surface area contributed by atoms with E-state index in [2.05, 4.69) is 4.99 Å². The first-order valence-corrected chi connectivity index (χ1v) is 7.72. The number of methoxy groups -OCH3 is 4. The van der Waals surface area contributed by atoms with E-state index in [4.69, 9.17) is 23.7 Å². The highest BCUT2D eigenvalue weighted by atomic mass is 16.5. The molecule has 0 bridgehead atoms. The van der Waals surface area contributed by atoms with Crippen LogP contribution >= 0.6 is 0 Å². The summed E-state index contributed by atoms with van der Waals surface area (Å²) in [6, 6.07) is 8.75. The standard InChI is InChI=1S/C19H21NO6/c1-12-10-15(23-3)17(24-4)18(25-5)16(12)20-19(26-11-21)13-6-8-14(22-2)9-7-13/h6-11H,1-5H3/b20-19-. The average Bonchev–Trinajstić information content (AvgIpc) is 2.68. The number of aryl methyl sites for hydroxylation is 1. The van der Waals surface area contributed by atoms with Gasteiger partial charge in [0.05, 0.1) is 28.4 Å². The normalized spacial score (nSPS) is 10.9. The first-order chi connectivity index (χ1) is 12.6. The molecule has 0 heterocycles. The molecule has 0 aromatic heterocycles. The molecule has 138 valence electrons. The molecule has 0 aliphatic rings. The van der Waals surface area contributed by atoms with Crippen molar-refractivity contribution >= 4 is 18.1 Å². The maximum absolute atomic E-state index is 11.0. The Kier molecular flexibility index (Phi) is 6.43. The van der Waals surface area contributed by atoms with E-state index in [1.807, 2.05) is 6.92 Å². The summed E-state index contributed by atoms with van der Waals surface area (Å²) in [5.74, 6) is 2.10. The zero-order chi connectivity index (χ0) is 19.1. The van der Waals surface area contributed by atoms with Crippen molar-refractivity contribution in [3.05, 3.63) is 41.5 Å². The Hall–Kier alpha value is -3.22. The highest BCUT2D eigenvalue weighted by Crippen LogP contribution is 2.46. The van der Waals surface area contributed by atoms with Crippen molar-refractivity contribution < 1.29 is 28.5 Å². The van der Waals surface area contributed by atoms with Crippen LogP contribution in [0, 0.1) is 6.92 Å². The molecule has 2 aromatic rings. The molecule has 0 aliphatic carbocycles. The van der Waals surface area contributed by atoms with Crippen LogP contribution in [0.4, 0.5) is 5.69 Å². The first kappa shape index (κ1) is 19.1. The van der Waals surface area contributed by atoms with Crippen LogP contribution in [0.5, 0.6) is 23.0 Å². The summed E-state index contributed by atoms with van der Waals surface area (Å²) < 4.78 is 26.4. The van der Waals surface area contributed by atoms with Gasteiger partial charge in [0.15, 0.2) is 11.5 Å². The van der Waals surface area contributed by atoms with Crippen LogP contribution in [0.2, 0.25) is 0 Å². The molecule has 0 saturated heterocycles. The molecule has 7 heteroatoms. The van der Waals surface area contributed by atoms with Gasteiger partial charge >= 0.3 is 0 Å². The van der Waals surface area contributed by atoms with Gasteiger partial charge in [0.1, 0.15) is 11.4 Å². The molecule has 0 saturated carbocycles. The minimum absolute atomic E-state index is 0.122. The Labute approximate surface area is 152 Å². The molecule has 0 N–H and O–H groups in total. The molecule has 0 unspecified atom stereocenters. The smallest absolute Gasteiger partial charge is 0.299 e. The van der Waals surface area contributed by atoms with Gasteiger partial charge in [0, 0.05) is 5.56 Å².